The summed E-state index contributed by atoms with van der Waals surface area (Å²) in [5.74, 6) is 0.873. The molecule has 0 aliphatic carbocycles. The van der Waals surface area contributed by atoms with E-state index in [0.717, 1.165) is 30.7 Å². The van der Waals surface area contributed by atoms with Gasteiger partial charge in [0.1, 0.15) is 5.75 Å². The summed E-state index contributed by atoms with van der Waals surface area (Å²) in [6.45, 7) is 1.38. The Balaban J connectivity index is 2.57. The Bertz CT molecular complexity index is 294. The molecule has 0 saturated heterocycles. The number of hydroxylamine groups is 1. The standard InChI is InChI=1S/C12H20N2O2/c1-15-12-7-10(4-3-5-14-16-2)6-11(8-12)9-13/h6-8,14H,3-5,9,13H2,1-2H3. The summed E-state index contributed by atoms with van der Waals surface area (Å²) in [4.78, 5) is 4.77. The highest BCUT2D eigenvalue weighted by molar-refractivity contribution is 5.34. The van der Waals surface area contributed by atoms with Gasteiger partial charge in [-0.1, -0.05) is 6.07 Å². The first kappa shape index (κ1) is 13.0. The zero-order valence-electron chi connectivity index (χ0n) is 9.95. The second kappa shape index (κ2) is 7.22. The predicted molar refractivity (Wildman–Crippen MR) is 64.2 cm³/mol. The third kappa shape index (κ3) is 4.18. The number of methoxy groups -OCH3 is 1. The van der Waals surface area contributed by atoms with E-state index in [1.54, 1.807) is 14.2 Å². The van der Waals surface area contributed by atoms with Crippen LogP contribution in [-0.2, 0) is 17.8 Å². The Morgan fingerprint density at radius 1 is 1.19 bits per heavy atom. The Hall–Kier alpha value is -1.10. The Kier molecular flexibility index (Phi) is 5.85. The van der Waals surface area contributed by atoms with Gasteiger partial charge in [-0.3, -0.25) is 0 Å². The zero-order valence-corrected chi connectivity index (χ0v) is 9.95. The van der Waals surface area contributed by atoms with Crippen molar-refractivity contribution in [1.29, 1.82) is 0 Å². The van der Waals surface area contributed by atoms with E-state index in [9.17, 15) is 0 Å². The minimum Gasteiger partial charge on any atom is -0.497 e. The van der Waals surface area contributed by atoms with Crippen molar-refractivity contribution >= 4 is 0 Å². The molecular weight excluding hydrogens is 204 g/mol. The van der Waals surface area contributed by atoms with Crippen LogP contribution in [0.4, 0.5) is 0 Å². The summed E-state index contributed by atoms with van der Waals surface area (Å²) in [5, 5.41) is 0. The molecule has 16 heavy (non-hydrogen) atoms. The second-order valence-corrected chi connectivity index (χ2v) is 3.60. The van der Waals surface area contributed by atoms with E-state index in [-0.39, 0.29) is 0 Å². The lowest BCUT2D eigenvalue weighted by Gasteiger charge is -2.08. The Labute approximate surface area is 96.7 Å². The molecule has 0 saturated carbocycles. The van der Waals surface area contributed by atoms with Gasteiger partial charge in [-0.15, -0.1) is 0 Å². The first-order valence-electron chi connectivity index (χ1n) is 5.43. The van der Waals surface area contributed by atoms with Crippen LogP contribution in [0.25, 0.3) is 0 Å². The predicted octanol–water partition coefficient (Wildman–Crippen LogP) is 1.24. The summed E-state index contributed by atoms with van der Waals surface area (Å²) in [6.07, 6.45) is 2.01. The van der Waals surface area contributed by atoms with E-state index in [0.29, 0.717) is 6.54 Å². The molecule has 0 aromatic heterocycles. The summed E-state index contributed by atoms with van der Waals surface area (Å²) >= 11 is 0. The maximum atomic E-state index is 5.63. The number of aryl methyl sites for hydroxylation is 1. The number of nitrogens with one attached hydrogen (secondary N) is 1. The molecule has 0 bridgehead atoms. The Morgan fingerprint density at radius 3 is 2.56 bits per heavy atom. The van der Waals surface area contributed by atoms with Gasteiger partial charge in [0.2, 0.25) is 0 Å². The molecule has 1 rings (SSSR count). The molecule has 0 aliphatic rings. The highest BCUT2D eigenvalue weighted by Gasteiger charge is 2.00. The SMILES string of the molecule is CONCCCc1cc(CN)cc(OC)c1. The number of rotatable bonds is 7. The first-order chi connectivity index (χ1) is 7.80. The van der Waals surface area contributed by atoms with Crippen molar-refractivity contribution < 1.29 is 9.57 Å². The zero-order chi connectivity index (χ0) is 11.8. The van der Waals surface area contributed by atoms with Gasteiger partial charge in [0.25, 0.3) is 0 Å². The number of hydrogen-bond donors (Lipinski definition) is 2. The van der Waals surface area contributed by atoms with Crippen molar-refractivity contribution in [1.82, 2.24) is 5.48 Å². The van der Waals surface area contributed by atoms with Crippen LogP contribution in [0.1, 0.15) is 17.5 Å². The average molecular weight is 224 g/mol. The van der Waals surface area contributed by atoms with Crippen LogP contribution in [0.15, 0.2) is 18.2 Å². The molecule has 0 spiro atoms. The number of nitrogens with two attached hydrogens (primary N) is 1. The molecular formula is C12H20N2O2. The van der Waals surface area contributed by atoms with Crippen molar-refractivity contribution in [2.75, 3.05) is 20.8 Å². The van der Waals surface area contributed by atoms with E-state index < -0.39 is 0 Å². The molecule has 0 aliphatic heterocycles. The highest BCUT2D eigenvalue weighted by Crippen LogP contribution is 2.17. The number of hydrogen-bond acceptors (Lipinski definition) is 4. The van der Waals surface area contributed by atoms with Crippen molar-refractivity contribution in [3.8, 4) is 5.75 Å². The monoisotopic (exact) mass is 224 g/mol. The van der Waals surface area contributed by atoms with Crippen LogP contribution in [0.3, 0.4) is 0 Å². The van der Waals surface area contributed by atoms with Gasteiger partial charge in [-0.25, -0.2) is 5.48 Å². The molecule has 1 aromatic rings. The number of benzene rings is 1. The van der Waals surface area contributed by atoms with Crippen LogP contribution in [0.2, 0.25) is 0 Å². The molecule has 1 aromatic carbocycles. The van der Waals surface area contributed by atoms with Gasteiger partial charge >= 0.3 is 0 Å². The number of ether oxygens (including phenoxy) is 1. The van der Waals surface area contributed by atoms with Crippen LogP contribution >= 0.6 is 0 Å². The van der Waals surface area contributed by atoms with E-state index in [2.05, 4.69) is 11.5 Å². The van der Waals surface area contributed by atoms with E-state index in [1.165, 1.54) is 5.56 Å². The maximum absolute atomic E-state index is 5.63. The fourth-order valence-corrected chi connectivity index (χ4v) is 1.58. The van der Waals surface area contributed by atoms with Crippen LogP contribution in [-0.4, -0.2) is 20.8 Å². The average Bonchev–Trinajstić information content (AvgIpc) is 2.34. The smallest absolute Gasteiger partial charge is 0.119 e. The van der Waals surface area contributed by atoms with Crippen LogP contribution < -0.4 is 16.0 Å². The topological polar surface area (TPSA) is 56.5 Å². The van der Waals surface area contributed by atoms with Crippen LogP contribution in [0.5, 0.6) is 5.75 Å². The van der Waals surface area contributed by atoms with E-state index in [4.69, 9.17) is 15.3 Å². The first-order valence-corrected chi connectivity index (χ1v) is 5.43. The quantitative estimate of drug-likeness (QED) is 0.540. The fraction of sp³-hybridized carbons (Fsp3) is 0.500. The third-order valence-corrected chi connectivity index (χ3v) is 2.39. The molecule has 0 unspecified atom stereocenters. The summed E-state index contributed by atoms with van der Waals surface area (Å²) in [7, 11) is 3.30. The second-order valence-electron chi connectivity index (χ2n) is 3.60. The molecule has 3 N–H and O–H groups in total. The van der Waals surface area contributed by atoms with Gasteiger partial charge in [0.15, 0.2) is 0 Å². The minimum absolute atomic E-state index is 0.542. The minimum atomic E-state index is 0.542. The van der Waals surface area contributed by atoms with E-state index in [1.807, 2.05) is 12.1 Å². The molecule has 0 atom stereocenters. The van der Waals surface area contributed by atoms with Gasteiger partial charge in [0, 0.05) is 13.1 Å². The molecule has 4 nitrogen and oxygen atoms in total. The lowest BCUT2D eigenvalue weighted by molar-refractivity contribution is 0.0911. The van der Waals surface area contributed by atoms with E-state index >= 15 is 0 Å². The molecule has 90 valence electrons. The van der Waals surface area contributed by atoms with Crippen molar-refractivity contribution in [2.24, 2.45) is 5.73 Å². The lowest BCUT2D eigenvalue weighted by Crippen LogP contribution is -2.13. The third-order valence-electron chi connectivity index (χ3n) is 2.39. The van der Waals surface area contributed by atoms with Crippen LogP contribution in [0, 0.1) is 0 Å². The molecule has 0 radical (unpaired) electrons. The molecule has 0 fully saturated rings. The van der Waals surface area contributed by atoms with Gasteiger partial charge in [-0.2, -0.15) is 0 Å². The largest absolute Gasteiger partial charge is 0.497 e. The normalized spacial score (nSPS) is 10.4. The highest BCUT2D eigenvalue weighted by atomic mass is 16.6. The van der Waals surface area contributed by atoms with Crippen molar-refractivity contribution in [3.63, 3.8) is 0 Å². The Morgan fingerprint density at radius 2 is 1.94 bits per heavy atom. The summed E-state index contributed by atoms with van der Waals surface area (Å²) in [5.41, 5.74) is 10.8. The molecule has 0 heterocycles. The van der Waals surface area contributed by atoms with Crippen molar-refractivity contribution in [3.05, 3.63) is 29.3 Å². The maximum Gasteiger partial charge on any atom is 0.119 e. The molecule has 0 amide bonds. The lowest BCUT2D eigenvalue weighted by atomic mass is 10.1. The van der Waals surface area contributed by atoms with Crippen molar-refractivity contribution in [2.45, 2.75) is 19.4 Å². The molecule has 4 heteroatoms. The summed E-state index contributed by atoms with van der Waals surface area (Å²) in [6, 6.07) is 6.14. The summed E-state index contributed by atoms with van der Waals surface area (Å²) < 4.78 is 5.23. The fourth-order valence-electron chi connectivity index (χ4n) is 1.58. The van der Waals surface area contributed by atoms with Gasteiger partial charge in [-0.05, 0) is 36.1 Å². The van der Waals surface area contributed by atoms with Gasteiger partial charge < -0.3 is 15.3 Å². The van der Waals surface area contributed by atoms with Gasteiger partial charge in [0.05, 0.1) is 14.2 Å².